The number of nitrogens with zero attached hydrogens (tertiary/aromatic N) is 4. The predicted octanol–water partition coefficient (Wildman–Crippen LogP) is 1.96. The van der Waals surface area contributed by atoms with E-state index in [0.717, 1.165) is 19.0 Å². The second-order valence-electron chi connectivity index (χ2n) is 5.23. The minimum absolute atomic E-state index is 0. The van der Waals surface area contributed by atoms with Crippen LogP contribution in [0.5, 0.6) is 0 Å². The highest BCUT2D eigenvalue weighted by molar-refractivity contribution is 14.0. The van der Waals surface area contributed by atoms with Gasteiger partial charge in [0, 0.05) is 34.7 Å². The number of hydrogen-bond donors (Lipinski definition) is 0. The molecule has 1 fully saturated rings. The Morgan fingerprint density at radius 1 is 0.944 bits per heavy atom. The number of aliphatic imine (C=N–C) groups is 1. The third-order valence-corrected chi connectivity index (χ3v) is 3.17. The van der Waals surface area contributed by atoms with Gasteiger partial charge in [-0.05, 0) is 25.9 Å². The molecular weight excluding hydrogens is 339 g/mol. The second-order valence-corrected chi connectivity index (χ2v) is 5.23. The van der Waals surface area contributed by atoms with Gasteiger partial charge in [-0.25, -0.2) is 0 Å². The van der Waals surface area contributed by atoms with Crippen molar-refractivity contribution in [3.05, 3.63) is 0 Å². The van der Waals surface area contributed by atoms with E-state index in [2.05, 4.69) is 19.7 Å². The van der Waals surface area contributed by atoms with Gasteiger partial charge >= 0.3 is 0 Å². The lowest BCUT2D eigenvalue weighted by atomic mass is 10.2. The van der Waals surface area contributed by atoms with Gasteiger partial charge in [0.15, 0.2) is 5.96 Å². The molecule has 18 heavy (non-hydrogen) atoms. The molecule has 1 rings (SSSR count). The van der Waals surface area contributed by atoms with Crippen molar-refractivity contribution in [3.8, 4) is 0 Å². The van der Waals surface area contributed by atoms with Crippen LogP contribution in [0.1, 0.15) is 25.7 Å². The fourth-order valence-corrected chi connectivity index (χ4v) is 2.33. The van der Waals surface area contributed by atoms with Crippen LogP contribution in [0.4, 0.5) is 0 Å². The molecule has 1 aliphatic heterocycles. The number of halogens is 1. The molecule has 4 nitrogen and oxygen atoms in total. The lowest BCUT2D eigenvalue weighted by Crippen LogP contribution is -2.36. The molecule has 108 valence electrons. The van der Waals surface area contributed by atoms with E-state index in [-0.39, 0.29) is 24.0 Å². The van der Waals surface area contributed by atoms with Gasteiger partial charge in [-0.1, -0.05) is 12.8 Å². The van der Waals surface area contributed by atoms with Crippen LogP contribution in [0.2, 0.25) is 0 Å². The van der Waals surface area contributed by atoms with Crippen molar-refractivity contribution < 1.29 is 0 Å². The molecule has 0 aromatic rings. The lowest BCUT2D eigenvalue weighted by molar-refractivity contribution is 0.292. The standard InChI is InChI=1S/C13H28N4.HI/c1-15(2)13(16(3)4)14-9-12-17-10-7-5-6-8-11-17;/h5-12H2,1-4H3;1H. The number of likely N-dealkylation sites (tertiary alicyclic amines) is 1. The topological polar surface area (TPSA) is 22.1 Å². The Kier molecular flexibility index (Phi) is 9.81. The molecule has 0 radical (unpaired) electrons. The summed E-state index contributed by atoms with van der Waals surface area (Å²) in [4.78, 5) is 11.4. The second kappa shape index (κ2) is 9.83. The maximum atomic E-state index is 4.67. The quantitative estimate of drug-likeness (QED) is 0.432. The molecule has 1 heterocycles. The van der Waals surface area contributed by atoms with E-state index in [1.54, 1.807) is 0 Å². The Morgan fingerprint density at radius 3 is 1.89 bits per heavy atom. The molecule has 0 atom stereocenters. The third kappa shape index (κ3) is 6.78. The van der Waals surface area contributed by atoms with Crippen molar-refractivity contribution in [1.29, 1.82) is 0 Å². The molecule has 5 heteroatoms. The summed E-state index contributed by atoms with van der Waals surface area (Å²) in [5.41, 5.74) is 0. The van der Waals surface area contributed by atoms with Crippen LogP contribution < -0.4 is 0 Å². The molecular formula is C13H29IN4. The molecule has 0 aromatic heterocycles. The summed E-state index contributed by atoms with van der Waals surface area (Å²) < 4.78 is 0. The first-order valence-corrected chi connectivity index (χ1v) is 6.72. The maximum Gasteiger partial charge on any atom is 0.195 e. The Balaban J connectivity index is 0.00000289. The van der Waals surface area contributed by atoms with E-state index >= 15 is 0 Å². The average molecular weight is 368 g/mol. The van der Waals surface area contributed by atoms with Crippen LogP contribution >= 0.6 is 24.0 Å². The normalized spacial score (nSPS) is 16.4. The van der Waals surface area contributed by atoms with Gasteiger partial charge in [0.25, 0.3) is 0 Å². The fourth-order valence-electron chi connectivity index (χ4n) is 2.33. The molecule has 0 aliphatic carbocycles. The van der Waals surface area contributed by atoms with E-state index in [1.807, 2.05) is 28.2 Å². The highest BCUT2D eigenvalue weighted by atomic mass is 127. The molecule has 0 aromatic carbocycles. The summed E-state index contributed by atoms with van der Waals surface area (Å²) >= 11 is 0. The fraction of sp³-hybridized carbons (Fsp3) is 0.923. The van der Waals surface area contributed by atoms with Gasteiger partial charge in [0.1, 0.15) is 0 Å². The van der Waals surface area contributed by atoms with Crippen LogP contribution in [0, 0.1) is 0 Å². The summed E-state index contributed by atoms with van der Waals surface area (Å²) in [6, 6.07) is 0. The van der Waals surface area contributed by atoms with E-state index in [1.165, 1.54) is 38.8 Å². The first-order chi connectivity index (χ1) is 8.11. The van der Waals surface area contributed by atoms with Crippen molar-refractivity contribution in [2.75, 3.05) is 54.4 Å². The molecule has 0 bridgehead atoms. The highest BCUT2D eigenvalue weighted by Gasteiger charge is 2.09. The van der Waals surface area contributed by atoms with E-state index in [0.29, 0.717) is 0 Å². The van der Waals surface area contributed by atoms with Gasteiger partial charge in [0.05, 0.1) is 6.54 Å². The van der Waals surface area contributed by atoms with Crippen LogP contribution in [0.3, 0.4) is 0 Å². The SMILES string of the molecule is CN(C)C(=NCCN1CCCCCC1)N(C)C.I. The summed E-state index contributed by atoms with van der Waals surface area (Å²) in [5.74, 6) is 1.06. The Bertz CT molecular complexity index is 223. The predicted molar refractivity (Wildman–Crippen MR) is 90.0 cm³/mol. The van der Waals surface area contributed by atoms with Gasteiger partial charge in [-0.3, -0.25) is 4.99 Å². The van der Waals surface area contributed by atoms with E-state index in [4.69, 9.17) is 0 Å². The van der Waals surface area contributed by atoms with Crippen LogP contribution in [-0.4, -0.2) is 75.0 Å². The van der Waals surface area contributed by atoms with Crippen molar-refractivity contribution >= 4 is 29.9 Å². The first kappa shape index (κ1) is 18.0. The van der Waals surface area contributed by atoms with Gasteiger partial charge < -0.3 is 14.7 Å². The monoisotopic (exact) mass is 368 g/mol. The summed E-state index contributed by atoms with van der Waals surface area (Å²) in [7, 11) is 8.19. The highest BCUT2D eigenvalue weighted by Crippen LogP contribution is 2.08. The lowest BCUT2D eigenvalue weighted by Gasteiger charge is -2.24. The average Bonchev–Trinajstić information content (AvgIpc) is 2.51. The van der Waals surface area contributed by atoms with Gasteiger partial charge in [-0.2, -0.15) is 0 Å². The summed E-state index contributed by atoms with van der Waals surface area (Å²) in [6.45, 7) is 4.53. The number of rotatable bonds is 3. The number of guanidine groups is 1. The van der Waals surface area contributed by atoms with Gasteiger partial charge in [0.2, 0.25) is 0 Å². The number of hydrogen-bond acceptors (Lipinski definition) is 2. The zero-order valence-electron chi connectivity index (χ0n) is 12.4. The van der Waals surface area contributed by atoms with E-state index < -0.39 is 0 Å². The molecule has 1 saturated heterocycles. The minimum Gasteiger partial charge on any atom is -0.349 e. The van der Waals surface area contributed by atoms with Gasteiger partial charge in [-0.15, -0.1) is 24.0 Å². The van der Waals surface area contributed by atoms with Crippen molar-refractivity contribution in [2.45, 2.75) is 25.7 Å². The smallest absolute Gasteiger partial charge is 0.195 e. The zero-order valence-corrected chi connectivity index (χ0v) is 14.7. The molecule has 0 saturated carbocycles. The largest absolute Gasteiger partial charge is 0.349 e. The van der Waals surface area contributed by atoms with Crippen LogP contribution in [0.15, 0.2) is 4.99 Å². The summed E-state index contributed by atoms with van der Waals surface area (Å²) in [5, 5.41) is 0. The molecule has 1 aliphatic rings. The summed E-state index contributed by atoms with van der Waals surface area (Å²) in [6.07, 6.45) is 5.52. The molecule has 0 N–H and O–H groups in total. The zero-order chi connectivity index (χ0) is 12.7. The molecule has 0 spiro atoms. The first-order valence-electron chi connectivity index (χ1n) is 6.72. The molecule has 0 unspecified atom stereocenters. The van der Waals surface area contributed by atoms with Crippen LogP contribution in [0.25, 0.3) is 0 Å². The Labute approximate surface area is 129 Å². The maximum absolute atomic E-state index is 4.67. The molecule has 0 amide bonds. The van der Waals surface area contributed by atoms with Crippen molar-refractivity contribution in [3.63, 3.8) is 0 Å². The van der Waals surface area contributed by atoms with Crippen LogP contribution in [-0.2, 0) is 0 Å². The Hall–Kier alpha value is -0.0400. The minimum atomic E-state index is 0. The Morgan fingerprint density at radius 2 is 1.44 bits per heavy atom. The van der Waals surface area contributed by atoms with Crippen molar-refractivity contribution in [2.24, 2.45) is 4.99 Å². The van der Waals surface area contributed by atoms with Crippen molar-refractivity contribution in [1.82, 2.24) is 14.7 Å². The third-order valence-electron chi connectivity index (χ3n) is 3.17. The van der Waals surface area contributed by atoms with E-state index in [9.17, 15) is 0 Å².